The summed E-state index contributed by atoms with van der Waals surface area (Å²) in [6.07, 6.45) is 7.89. The van der Waals surface area contributed by atoms with Crippen molar-refractivity contribution in [3.05, 3.63) is 0 Å². The van der Waals surface area contributed by atoms with Gasteiger partial charge in [-0.3, -0.25) is 23.5 Å². The second-order valence-electron chi connectivity index (χ2n) is 12.6. The number of halogens is 12. The van der Waals surface area contributed by atoms with Crippen molar-refractivity contribution in [1.82, 2.24) is 25.8 Å². The molecule has 0 aromatic rings. The van der Waals surface area contributed by atoms with Gasteiger partial charge in [-0.15, -0.1) is 0 Å². The molecule has 3 aliphatic rings. The minimum Gasteiger partial charge on any atom is -0.741 e. The number of hydrogen-bond donors (Lipinski definition) is 6. The molecule has 3 fully saturated rings. The van der Waals surface area contributed by atoms with Crippen LogP contribution in [0.4, 0.5) is 52.7 Å². The Morgan fingerprint density at radius 3 is 1.12 bits per heavy atom. The van der Waals surface area contributed by atoms with Crippen molar-refractivity contribution in [3.8, 4) is 0 Å². The summed E-state index contributed by atoms with van der Waals surface area (Å²) in [6, 6.07) is 0. The van der Waals surface area contributed by atoms with E-state index in [1.54, 1.807) is 0 Å². The highest BCUT2D eigenvalue weighted by molar-refractivity contribution is 7.87. The maximum Gasteiger partial charge on any atom is 0.522 e. The van der Waals surface area contributed by atoms with Crippen molar-refractivity contribution in [1.29, 1.82) is 0 Å². The molecule has 3 aliphatic heterocycles. The van der Waals surface area contributed by atoms with Crippen LogP contribution in [0.3, 0.4) is 0 Å². The first-order chi connectivity index (χ1) is 26.4. The molecule has 34 heteroatoms. The zero-order valence-corrected chi connectivity index (χ0v) is 34.1. The molecular weight excluding hydrogens is 933 g/mol. The first-order valence-electron chi connectivity index (χ1n) is 16.9. The van der Waals surface area contributed by atoms with Crippen LogP contribution >= 0.6 is 0 Å². The number of fused-ring (bicyclic) bond motifs is 2. The van der Waals surface area contributed by atoms with E-state index in [4.69, 9.17) is 51.9 Å². The van der Waals surface area contributed by atoms with Crippen LogP contribution < -0.4 is 16.0 Å². The largest absolute Gasteiger partial charge is 0.741 e. The summed E-state index contributed by atoms with van der Waals surface area (Å²) < 4.78 is 233. The highest BCUT2D eigenvalue weighted by Gasteiger charge is 2.46. The van der Waals surface area contributed by atoms with Crippen molar-refractivity contribution < 1.29 is 109 Å². The van der Waals surface area contributed by atoms with E-state index >= 15 is 0 Å². The average Bonchev–Trinajstić information content (AvgIpc) is 3.02. The van der Waals surface area contributed by atoms with E-state index < -0.39 is 62.5 Å². The van der Waals surface area contributed by atoms with Crippen LogP contribution in [-0.2, 0) is 40.5 Å². The Labute approximate surface area is 333 Å². The molecule has 0 radical (unpaired) electrons. The maximum atomic E-state index is 10.7. The van der Waals surface area contributed by atoms with Gasteiger partial charge in [-0.05, 0) is 71.5 Å². The van der Waals surface area contributed by atoms with E-state index in [0.717, 1.165) is 13.1 Å². The van der Waals surface area contributed by atoms with Gasteiger partial charge in [0.2, 0.25) is 0 Å². The number of hydrogen-bond acceptors (Lipinski definition) is 14. The third kappa shape index (κ3) is 28.0. The monoisotopic (exact) mass is 980 g/mol. The standard InChI is InChI=1S/C21H45N6.4CHF3O3S/c1-7-22-9-2-13-25(14-3-10-23-8-1)17-20-27-18-5-12-24-11-4-15-26(21-27)16-6-19-27;4*2-1(3,4)8(5,6)7/h22-24H,1-21H2;4*(H,5,6,7)/q+1;;;;/p-1. The second-order valence-corrected chi connectivity index (χ2v) is 18.3. The van der Waals surface area contributed by atoms with Crippen LogP contribution in [0.2, 0.25) is 0 Å². The number of alkyl halides is 12. The van der Waals surface area contributed by atoms with Gasteiger partial charge in [0.25, 0.3) is 0 Å². The van der Waals surface area contributed by atoms with Crippen LogP contribution in [0.25, 0.3) is 0 Å². The molecule has 2 bridgehead atoms. The average molecular weight is 981 g/mol. The molecule has 59 heavy (non-hydrogen) atoms. The lowest BCUT2D eigenvalue weighted by Crippen LogP contribution is -2.62. The minimum absolute atomic E-state index is 1.16. The lowest BCUT2D eigenvalue weighted by molar-refractivity contribution is -0.942. The highest BCUT2D eigenvalue weighted by atomic mass is 32.2. The smallest absolute Gasteiger partial charge is 0.522 e. The lowest BCUT2D eigenvalue weighted by atomic mass is 10.1. The highest BCUT2D eigenvalue weighted by Crippen LogP contribution is 2.23. The SMILES string of the molecule is C1CNCCCN(CC[N+]23CCCNCCCN(CCC2)C3)CCCNC1.O=S(=O)(O)C(F)(F)F.O=S(=O)(O)C(F)(F)F.O=S(=O)(O)C(F)(F)F.O=S(=O)([O-])C(F)(F)F. The Bertz CT molecular complexity index is 1460. The van der Waals surface area contributed by atoms with Crippen molar-refractivity contribution in [2.45, 2.75) is 60.6 Å². The second kappa shape index (κ2) is 25.6. The molecule has 2 atom stereocenters. The van der Waals surface area contributed by atoms with E-state index in [1.807, 2.05) is 0 Å². The van der Waals surface area contributed by atoms with Gasteiger partial charge in [0.1, 0.15) is 6.67 Å². The van der Waals surface area contributed by atoms with E-state index in [1.165, 1.54) is 128 Å². The Morgan fingerprint density at radius 2 is 0.780 bits per heavy atom. The fourth-order valence-electron chi connectivity index (χ4n) is 5.08. The minimum atomic E-state index is -6.09. The van der Waals surface area contributed by atoms with Crippen molar-refractivity contribution in [2.24, 2.45) is 0 Å². The molecule has 358 valence electrons. The van der Waals surface area contributed by atoms with Gasteiger partial charge in [0, 0.05) is 39.0 Å². The first-order valence-corrected chi connectivity index (χ1v) is 22.6. The first kappa shape index (κ1) is 59.7. The molecule has 3 heterocycles. The quantitative estimate of drug-likeness (QED) is 0.102. The number of nitrogens with zero attached hydrogens (tertiary/aromatic N) is 3. The lowest BCUT2D eigenvalue weighted by Gasteiger charge is -2.47. The Morgan fingerprint density at radius 1 is 0.492 bits per heavy atom. The van der Waals surface area contributed by atoms with Crippen LogP contribution in [0.1, 0.15) is 38.5 Å². The summed E-state index contributed by atoms with van der Waals surface area (Å²) >= 11 is 0. The van der Waals surface area contributed by atoms with Crippen LogP contribution in [0.15, 0.2) is 0 Å². The molecule has 3 rings (SSSR count). The predicted octanol–water partition coefficient (Wildman–Crippen LogP) is 1.75. The van der Waals surface area contributed by atoms with Crippen LogP contribution in [0.5, 0.6) is 0 Å². The molecule has 0 saturated carbocycles. The van der Waals surface area contributed by atoms with Gasteiger partial charge in [-0.1, -0.05) is 0 Å². The number of nitrogens with one attached hydrogen (secondary N) is 3. The predicted molar refractivity (Wildman–Crippen MR) is 183 cm³/mol. The van der Waals surface area contributed by atoms with Crippen molar-refractivity contribution in [3.63, 3.8) is 0 Å². The fourth-order valence-corrected chi connectivity index (χ4v) is 5.08. The Kier molecular flexibility index (Phi) is 25.9. The molecule has 0 aliphatic carbocycles. The Balaban J connectivity index is 0. The van der Waals surface area contributed by atoms with Gasteiger partial charge in [0.15, 0.2) is 10.1 Å². The van der Waals surface area contributed by atoms with Crippen LogP contribution in [0, 0.1) is 0 Å². The van der Waals surface area contributed by atoms with Gasteiger partial charge < -0.3 is 25.0 Å². The molecule has 0 aromatic heterocycles. The van der Waals surface area contributed by atoms with Crippen molar-refractivity contribution >= 4 is 40.5 Å². The molecule has 18 nitrogen and oxygen atoms in total. The zero-order valence-electron chi connectivity index (χ0n) is 30.9. The molecule has 6 N–H and O–H groups in total. The van der Waals surface area contributed by atoms with Gasteiger partial charge >= 0.3 is 52.4 Å². The summed E-state index contributed by atoms with van der Waals surface area (Å²) in [6.45, 7) is 18.9. The van der Waals surface area contributed by atoms with Gasteiger partial charge in [-0.25, -0.2) is 8.42 Å². The topological polar surface area (TPSA) is 263 Å². The summed E-state index contributed by atoms with van der Waals surface area (Å²) in [5.41, 5.74) is -22.2. The number of rotatable bonds is 3. The molecule has 0 amide bonds. The molecule has 0 spiro atoms. The summed E-state index contributed by atoms with van der Waals surface area (Å²) in [7, 11) is -23.6. The van der Waals surface area contributed by atoms with E-state index in [0.29, 0.717) is 0 Å². The zero-order chi connectivity index (χ0) is 46.6. The van der Waals surface area contributed by atoms with Gasteiger partial charge in [0.05, 0.1) is 19.6 Å². The Hall–Kier alpha value is -1.44. The third-order valence-corrected chi connectivity index (χ3v) is 10.2. The van der Waals surface area contributed by atoms with Crippen LogP contribution in [-0.4, -0.2) is 186 Å². The normalized spacial score (nSPS) is 22.9. The summed E-state index contributed by atoms with van der Waals surface area (Å²) in [5, 5.41) is 10.9. The molecule has 2 unspecified atom stereocenters. The van der Waals surface area contributed by atoms with E-state index in [-0.39, 0.29) is 0 Å². The fraction of sp³-hybridized carbons (Fsp3) is 1.00. The summed E-state index contributed by atoms with van der Waals surface area (Å²) in [5.74, 6) is 0. The maximum absolute atomic E-state index is 10.7. The molecule has 0 aromatic carbocycles. The molecule has 3 saturated heterocycles. The third-order valence-electron chi connectivity index (χ3n) is 7.84. The van der Waals surface area contributed by atoms with Crippen molar-refractivity contribution in [2.75, 3.05) is 98.3 Å². The molecular formula is C25H48F12N6O12S4. The van der Waals surface area contributed by atoms with E-state index in [2.05, 4.69) is 25.8 Å². The summed E-state index contributed by atoms with van der Waals surface area (Å²) in [4.78, 5) is 5.51. The van der Waals surface area contributed by atoms with E-state index in [9.17, 15) is 52.7 Å². The van der Waals surface area contributed by atoms with Gasteiger partial charge in [-0.2, -0.15) is 77.9 Å². The number of quaternary nitrogens is 1.